The number of rotatable bonds is 5. The lowest BCUT2D eigenvalue weighted by molar-refractivity contribution is 0.152. The number of hydrogen-bond donors (Lipinski definition) is 0. The van der Waals surface area contributed by atoms with Crippen molar-refractivity contribution in [3.05, 3.63) is 46.0 Å². The Morgan fingerprint density at radius 3 is 2.62 bits per heavy atom. The van der Waals surface area contributed by atoms with Crippen molar-refractivity contribution in [3.63, 3.8) is 0 Å². The van der Waals surface area contributed by atoms with Crippen molar-refractivity contribution in [1.82, 2.24) is 19.6 Å². The molecule has 2 aliphatic rings. The van der Waals surface area contributed by atoms with Crippen LogP contribution in [-0.4, -0.2) is 32.7 Å². The highest BCUT2D eigenvalue weighted by atomic mass is 16.5. The van der Waals surface area contributed by atoms with Crippen molar-refractivity contribution >= 4 is 0 Å². The minimum atomic E-state index is 0.103. The van der Waals surface area contributed by atoms with E-state index in [4.69, 9.17) is 4.52 Å². The lowest BCUT2D eigenvalue weighted by atomic mass is 9.96. The van der Waals surface area contributed by atoms with Crippen molar-refractivity contribution in [2.45, 2.75) is 51.6 Å². The summed E-state index contributed by atoms with van der Waals surface area (Å²) in [6.07, 6.45) is 6.31. The molecule has 0 amide bonds. The molecule has 4 rings (SSSR count). The zero-order valence-electron chi connectivity index (χ0n) is 14.1. The molecule has 0 unspecified atom stereocenters. The largest absolute Gasteiger partial charge is 0.360 e. The fourth-order valence-electron chi connectivity index (χ4n) is 3.50. The molecule has 0 N–H and O–H groups in total. The highest BCUT2D eigenvalue weighted by molar-refractivity contribution is 5.12. The van der Waals surface area contributed by atoms with Crippen LogP contribution in [0.3, 0.4) is 0 Å². The third-order valence-electron chi connectivity index (χ3n) is 5.11. The molecule has 1 saturated heterocycles. The van der Waals surface area contributed by atoms with Gasteiger partial charge in [0.25, 0.3) is 5.56 Å². The van der Waals surface area contributed by atoms with Crippen molar-refractivity contribution in [2.75, 3.05) is 13.1 Å². The van der Waals surface area contributed by atoms with E-state index in [-0.39, 0.29) is 5.56 Å². The summed E-state index contributed by atoms with van der Waals surface area (Å²) >= 11 is 0. The minimum absolute atomic E-state index is 0.103. The quantitative estimate of drug-likeness (QED) is 0.843. The summed E-state index contributed by atoms with van der Waals surface area (Å²) in [7, 11) is 0. The molecular formula is C18H24N4O2. The molecule has 128 valence electrons. The minimum Gasteiger partial charge on any atom is -0.360 e. The van der Waals surface area contributed by atoms with Gasteiger partial charge in [0.2, 0.25) is 0 Å². The van der Waals surface area contributed by atoms with Gasteiger partial charge in [-0.3, -0.25) is 14.3 Å². The molecule has 2 aromatic heterocycles. The molecule has 3 heterocycles. The second-order valence-electron chi connectivity index (χ2n) is 7.23. The van der Waals surface area contributed by atoms with Gasteiger partial charge in [0.05, 0.1) is 24.3 Å². The lowest BCUT2D eigenvalue weighted by Gasteiger charge is -2.31. The highest BCUT2D eigenvalue weighted by Gasteiger charge is 2.26. The fraction of sp³-hybridized carbons (Fsp3) is 0.611. The van der Waals surface area contributed by atoms with Gasteiger partial charge in [-0.2, -0.15) is 0 Å². The van der Waals surface area contributed by atoms with E-state index in [1.807, 2.05) is 13.0 Å². The number of aryl methyl sites for hydroxylation is 1. The first kappa shape index (κ1) is 15.6. The van der Waals surface area contributed by atoms with Gasteiger partial charge < -0.3 is 4.52 Å². The van der Waals surface area contributed by atoms with Crippen molar-refractivity contribution in [1.29, 1.82) is 0 Å². The molecule has 2 fully saturated rings. The Kier molecular flexibility index (Phi) is 4.22. The van der Waals surface area contributed by atoms with Crippen molar-refractivity contribution < 1.29 is 4.52 Å². The SMILES string of the molecule is Cc1cc(CN2CCC(Cn3cnc(C4CC4)cc3=O)CC2)on1. The average Bonchev–Trinajstić information content (AvgIpc) is 3.34. The maximum Gasteiger partial charge on any atom is 0.253 e. The Balaban J connectivity index is 1.30. The van der Waals surface area contributed by atoms with Crippen molar-refractivity contribution in [3.8, 4) is 0 Å². The standard InChI is InChI=1S/C18H24N4O2/c1-13-8-16(24-20-13)11-21-6-4-14(5-7-21)10-22-12-19-17(9-18(22)23)15-2-3-15/h8-9,12,14-15H,2-7,10-11H2,1H3. The number of aromatic nitrogens is 3. The summed E-state index contributed by atoms with van der Waals surface area (Å²) in [5, 5.41) is 3.94. The van der Waals surface area contributed by atoms with Crippen LogP contribution in [0, 0.1) is 12.8 Å². The van der Waals surface area contributed by atoms with Crippen LogP contribution in [0.2, 0.25) is 0 Å². The van der Waals surface area contributed by atoms with Gasteiger partial charge >= 0.3 is 0 Å². The van der Waals surface area contributed by atoms with Gasteiger partial charge in [0.15, 0.2) is 5.76 Å². The zero-order valence-corrected chi connectivity index (χ0v) is 14.1. The van der Waals surface area contributed by atoms with Gasteiger partial charge in [-0.15, -0.1) is 0 Å². The zero-order chi connectivity index (χ0) is 16.5. The molecule has 2 aromatic rings. The van der Waals surface area contributed by atoms with Crippen LogP contribution in [0.4, 0.5) is 0 Å². The first-order chi connectivity index (χ1) is 11.7. The normalized spacial score (nSPS) is 19.7. The first-order valence-electron chi connectivity index (χ1n) is 8.88. The fourth-order valence-corrected chi connectivity index (χ4v) is 3.50. The Labute approximate surface area is 141 Å². The smallest absolute Gasteiger partial charge is 0.253 e. The number of hydrogen-bond acceptors (Lipinski definition) is 5. The Bertz CT molecular complexity index is 754. The molecule has 0 atom stereocenters. The second kappa shape index (κ2) is 6.51. The average molecular weight is 328 g/mol. The van der Waals surface area contributed by atoms with Crippen LogP contribution in [0.25, 0.3) is 0 Å². The molecule has 1 aliphatic heterocycles. The molecule has 24 heavy (non-hydrogen) atoms. The molecular weight excluding hydrogens is 304 g/mol. The Hall–Kier alpha value is -1.95. The van der Waals surface area contributed by atoms with Gasteiger partial charge in [0, 0.05) is 24.6 Å². The van der Waals surface area contributed by atoms with E-state index in [1.54, 1.807) is 17.0 Å². The summed E-state index contributed by atoms with van der Waals surface area (Å²) in [5.41, 5.74) is 2.02. The van der Waals surface area contributed by atoms with E-state index in [1.165, 1.54) is 12.8 Å². The van der Waals surface area contributed by atoms with Gasteiger partial charge in [0.1, 0.15) is 0 Å². The Morgan fingerprint density at radius 2 is 2.00 bits per heavy atom. The molecule has 1 aliphatic carbocycles. The van der Waals surface area contributed by atoms with Crippen LogP contribution >= 0.6 is 0 Å². The molecule has 0 aromatic carbocycles. The van der Waals surface area contributed by atoms with E-state index < -0.39 is 0 Å². The molecule has 0 spiro atoms. The number of likely N-dealkylation sites (tertiary alicyclic amines) is 1. The second-order valence-corrected chi connectivity index (χ2v) is 7.23. The first-order valence-corrected chi connectivity index (χ1v) is 8.88. The third-order valence-corrected chi connectivity index (χ3v) is 5.11. The summed E-state index contributed by atoms with van der Waals surface area (Å²) < 4.78 is 7.08. The summed E-state index contributed by atoms with van der Waals surface area (Å²) in [5.74, 6) is 2.02. The van der Waals surface area contributed by atoms with E-state index in [2.05, 4.69) is 15.0 Å². The van der Waals surface area contributed by atoms with Gasteiger partial charge in [-0.05, 0) is 51.6 Å². The molecule has 6 nitrogen and oxygen atoms in total. The topological polar surface area (TPSA) is 64.2 Å². The Morgan fingerprint density at radius 1 is 1.21 bits per heavy atom. The monoisotopic (exact) mass is 328 g/mol. The van der Waals surface area contributed by atoms with Crippen molar-refractivity contribution in [2.24, 2.45) is 5.92 Å². The molecule has 6 heteroatoms. The van der Waals surface area contributed by atoms with Crippen LogP contribution < -0.4 is 5.56 Å². The van der Waals surface area contributed by atoms with Crippen LogP contribution in [-0.2, 0) is 13.1 Å². The predicted molar refractivity (Wildman–Crippen MR) is 89.7 cm³/mol. The third kappa shape index (κ3) is 3.59. The van der Waals surface area contributed by atoms with Crippen LogP contribution in [0.5, 0.6) is 0 Å². The van der Waals surface area contributed by atoms with Crippen LogP contribution in [0.1, 0.15) is 48.7 Å². The summed E-state index contributed by atoms with van der Waals surface area (Å²) in [6.45, 7) is 5.62. The van der Waals surface area contributed by atoms with E-state index >= 15 is 0 Å². The van der Waals surface area contributed by atoms with E-state index in [0.717, 1.165) is 56.2 Å². The summed E-state index contributed by atoms with van der Waals surface area (Å²) in [4.78, 5) is 19.1. The van der Waals surface area contributed by atoms with Crippen LogP contribution in [0.15, 0.2) is 27.8 Å². The lowest BCUT2D eigenvalue weighted by Crippen LogP contribution is -2.36. The van der Waals surface area contributed by atoms with Gasteiger partial charge in [-0.25, -0.2) is 4.98 Å². The molecule has 1 saturated carbocycles. The molecule has 0 radical (unpaired) electrons. The highest BCUT2D eigenvalue weighted by Crippen LogP contribution is 2.38. The maximum absolute atomic E-state index is 12.2. The maximum atomic E-state index is 12.2. The summed E-state index contributed by atoms with van der Waals surface area (Å²) in [6, 6.07) is 3.73. The van der Waals surface area contributed by atoms with Gasteiger partial charge in [-0.1, -0.05) is 5.16 Å². The number of piperidine rings is 1. The number of nitrogens with zero attached hydrogens (tertiary/aromatic N) is 4. The van der Waals surface area contributed by atoms with E-state index in [0.29, 0.717) is 11.8 Å². The van der Waals surface area contributed by atoms with E-state index in [9.17, 15) is 4.79 Å². The molecule has 0 bridgehead atoms. The predicted octanol–water partition coefficient (Wildman–Crippen LogP) is 2.33.